The molecular weight excluding hydrogens is 124 g/mol. The van der Waals surface area contributed by atoms with Gasteiger partial charge in [0.15, 0.2) is 0 Å². The molecule has 0 saturated heterocycles. The van der Waals surface area contributed by atoms with E-state index in [0.717, 1.165) is 12.5 Å². The maximum atomic E-state index is 5.07. The van der Waals surface area contributed by atoms with Crippen LogP contribution in [0.25, 0.3) is 0 Å². The van der Waals surface area contributed by atoms with Crippen LogP contribution >= 0.6 is 0 Å². The zero-order valence-electron chi connectivity index (χ0n) is 7.31. The normalized spacial score (nSPS) is 38.1. The van der Waals surface area contributed by atoms with Crippen molar-refractivity contribution in [2.45, 2.75) is 33.1 Å². The Labute approximate surface area is 63.8 Å². The minimum absolute atomic E-state index is 0.677. The first-order chi connectivity index (χ1) is 4.75. The van der Waals surface area contributed by atoms with Gasteiger partial charge in [-0.15, -0.1) is 0 Å². The molecule has 1 aliphatic carbocycles. The Balaban J connectivity index is 2.23. The fourth-order valence-corrected chi connectivity index (χ4v) is 1.87. The maximum Gasteiger partial charge on any atom is 0.0467 e. The number of hydrogen-bond donors (Lipinski definition) is 0. The lowest BCUT2D eigenvalue weighted by Crippen LogP contribution is -2.05. The molecule has 0 aromatic heterocycles. The Hall–Kier alpha value is -0.0400. The van der Waals surface area contributed by atoms with E-state index >= 15 is 0 Å². The molecule has 0 aromatic rings. The molecule has 1 fully saturated rings. The number of rotatable bonds is 4. The van der Waals surface area contributed by atoms with Gasteiger partial charge in [0.25, 0.3) is 0 Å². The highest BCUT2D eigenvalue weighted by Crippen LogP contribution is 2.57. The van der Waals surface area contributed by atoms with Crippen molar-refractivity contribution >= 4 is 0 Å². The summed E-state index contributed by atoms with van der Waals surface area (Å²) in [4.78, 5) is 0. The second kappa shape index (κ2) is 2.91. The Kier molecular flexibility index (Phi) is 2.35. The Bertz CT molecular complexity index is 107. The molecule has 0 amide bonds. The molecule has 10 heavy (non-hydrogen) atoms. The highest BCUT2D eigenvalue weighted by Gasteiger charge is 2.48. The summed E-state index contributed by atoms with van der Waals surface area (Å²) in [5, 5.41) is 0. The van der Waals surface area contributed by atoms with E-state index in [1.807, 2.05) is 0 Å². The molecular formula is C9H18O. The van der Waals surface area contributed by atoms with Gasteiger partial charge in [0.1, 0.15) is 0 Å². The third kappa shape index (κ3) is 1.34. The van der Waals surface area contributed by atoms with Gasteiger partial charge in [-0.3, -0.25) is 0 Å². The summed E-state index contributed by atoms with van der Waals surface area (Å²) >= 11 is 0. The zero-order chi connectivity index (χ0) is 7.61. The molecule has 0 N–H and O–H groups in total. The first-order valence-electron chi connectivity index (χ1n) is 4.24. The van der Waals surface area contributed by atoms with Gasteiger partial charge in [0.05, 0.1) is 0 Å². The summed E-state index contributed by atoms with van der Waals surface area (Å²) in [7, 11) is 1.79. The molecule has 2 unspecified atom stereocenters. The van der Waals surface area contributed by atoms with E-state index in [4.69, 9.17) is 4.74 Å². The van der Waals surface area contributed by atoms with Crippen molar-refractivity contribution in [3.63, 3.8) is 0 Å². The van der Waals surface area contributed by atoms with Crippen molar-refractivity contribution in [2.24, 2.45) is 11.3 Å². The molecule has 0 aromatic carbocycles. The molecule has 0 radical (unpaired) electrons. The van der Waals surface area contributed by atoms with Gasteiger partial charge in [-0.1, -0.05) is 20.3 Å². The third-order valence-corrected chi connectivity index (χ3v) is 3.11. The van der Waals surface area contributed by atoms with Crippen molar-refractivity contribution in [2.75, 3.05) is 13.7 Å². The largest absolute Gasteiger partial charge is 0.385 e. The van der Waals surface area contributed by atoms with Crippen LogP contribution in [0.15, 0.2) is 0 Å². The van der Waals surface area contributed by atoms with Gasteiger partial charge in [-0.25, -0.2) is 0 Å². The second-order valence-electron chi connectivity index (χ2n) is 3.56. The molecule has 0 aliphatic heterocycles. The summed E-state index contributed by atoms with van der Waals surface area (Å²) in [5.41, 5.74) is 0.677. The summed E-state index contributed by atoms with van der Waals surface area (Å²) in [5.74, 6) is 0.952. The molecule has 0 spiro atoms. The van der Waals surface area contributed by atoms with Crippen LogP contribution in [0.5, 0.6) is 0 Å². The van der Waals surface area contributed by atoms with Crippen molar-refractivity contribution < 1.29 is 4.74 Å². The van der Waals surface area contributed by atoms with Gasteiger partial charge < -0.3 is 4.74 Å². The van der Waals surface area contributed by atoms with Gasteiger partial charge >= 0.3 is 0 Å². The lowest BCUT2D eigenvalue weighted by molar-refractivity contribution is 0.167. The standard InChI is InChI=1S/C9H18O/c1-4-9(5-6-10-3)7-8(9)2/h8H,4-7H2,1-3H3. The predicted octanol–water partition coefficient (Wildman–Crippen LogP) is 2.46. The summed E-state index contributed by atoms with van der Waals surface area (Å²) < 4.78 is 5.07. The van der Waals surface area contributed by atoms with Crippen LogP contribution in [-0.4, -0.2) is 13.7 Å². The summed E-state index contributed by atoms with van der Waals surface area (Å²) in [6.45, 7) is 5.58. The Morgan fingerprint density at radius 1 is 1.60 bits per heavy atom. The van der Waals surface area contributed by atoms with Crippen LogP contribution in [-0.2, 0) is 4.74 Å². The lowest BCUT2D eigenvalue weighted by Gasteiger charge is -2.11. The number of methoxy groups -OCH3 is 1. The highest BCUT2D eigenvalue weighted by molar-refractivity contribution is 4.98. The van der Waals surface area contributed by atoms with Crippen LogP contribution in [0.1, 0.15) is 33.1 Å². The first kappa shape index (κ1) is 8.06. The molecule has 2 atom stereocenters. The number of hydrogen-bond acceptors (Lipinski definition) is 1. The molecule has 1 saturated carbocycles. The zero-order valence-corrected chi connectivity index (χ0v) is 7.31. The van der Waals surface area contributed by atoms with Crippen molar-refractivity contribution in [1.82, 2.24) is 0 Å². The van der Waals surface area contributed by atoms with E-state index < -0.39 is 0 Å². The summed E-state index contributed by atoms with van der Waals surface area (Å²) in [6, 6.07) is 0. The molecule has 1 heteroatoms. The smallest absolute Gasteiger partial charge is 0.0467 e. The topological polar surface area (TPSA) is 9.23 Å². The maximum absolute atomic E-state index is 5.07. The lowest BCUT2D eigenvalue weighted by atomic mass is 9.97. The second-order valence-corrected chi connectivity index (χ2v) is 3.56. The molecule has 1 nitrogen and oxygen atoms in total. The average Bonchev–Trinajstić information content (AvgIpc) is 2.59. The summed E-state index contributed by atoms with van der Waals surface area (Å²) in [6.07, 6.45) is 4.02. The van der Waals surface area contributed by atoms with Gasteiger partial charge in [0, 0.05) is 13.7 Å². The Morgan fingerprint density at radius 3 is 2.50 bits per heavy atom. The van der Waals surface area contributed by atoms with E-state index in [0.29, 0.717) is 5.41 Å². The van der Waals surface area contributed by atoms with Gasteiger partial charge in [-0.2, -0.15) is 0 Å². The van der Waals surface area contributed by atoms with E-state index in [1.165, 1.54) is 19.3 Å². The van der Waals surface area contributed by atoms with Crippen LogP contribution in [0.2, 0.25) is 0 Å². The predicted molar refractivity (Wildman–Crippen MR) is 43.0 cm³/mol. The van der Waals surface area contributed by atoms with Crippen LogP contribution in [0.4, 0.5) is 0 Å². The Morgan fingerprint density at radius 2 is 2.20 bits per heavy atom. The molecule has 60 valence electrons. The highest BCUT2D eigenvalue weighted by atomic mass is 16.5. The van der Waals surface area contributed by atoms with E-state index in [-0.39, 0.29) is 0 Å². The minimum Gasteiger partial charge on any atom is -0.385 e. The first-order valence-corrected chi connectivity index (χ1v) is 4.24. The van der Waals surface area contributed by atoms with E-state index in [9.17, 15) is 0 Å². The number of ether oxygens (including phenoxy) is 1. The third-order valence-electron chi connectivity index (χ3n) is 3.11. The fraction of sp³-hybridized carbons (Fsp3) is 1.00. The quantitative estimate of drug-likeness (QED) is 0.586. The molecule has 1 aliphatic rings. The SMILES string of the molecule is CCC1(CCOC)CC1C. The molecule has 0 bridgehead atoms. The van der Waals surface area contributed by atoms with Crippen molar-refractivity contribution in [3.05, 3.63) is 0 Å². The van der Waals surface area contributed by atoms with Crippen molar-refractivity contribution in [1.29, 1.82) is 0 Å². The van der Waals surface area contributed by atoms with E-state index in [2.05, 4.69) is 13.8 Å². The molecule has 1 rings (SSSR count). The van der Waals surface area contributed by atoms with Gasteiger partial charge in [0.2, 0.25) is 0 Å². The minimum atomic E-state index is 0.677. The van der Waals surface area contributed by atoms with Crippen LogP contribution < -0.4 is 0 Å². The molecule has 0 heterocycles. The van der Waals surface area contributed by atoms with Gasteiger partial charge in [-0.05, 0) is 24.2 Å². The van der Waals surface area contributed by atoms with Crippen molar-refractivity contribution in [3.8, 4) is 0 Å². The average molecular weight is 142 g/mol. The van der Waals surface area contributed by atoms with Crippen LogP contribution in [0, 0.1) is 11.3 Å². The van der Waals surface area contributed by atoms with E-state index in [1.54, 1.807) is 7.11 Å². The monoisotopic (exact) mass is 142 g/mol. The van der Waals surface area contributed by atoms with Crippen LogP contribution in [0.3, 0.4) is 0 Å². The fourth-order valence-electron chi connectivity index (χ4n) is 1.87.